The van der Waals surface area contributed by atoms with Gasteiger partial charge in [-0.2, -0.15) is 0 Å². The fourth-order valence-electron chi connectivity index (χ4n) is 3.04. The number of esters is 1. The van der Waals surface area contributed by atoms with Gasteiger partial charge in [-0.1, -0.05) is 30.3 Å². The number of anilines is 1. The van der Waals surface area contributed by atoms with Crippen molar-refractivity contribution in [3.8, 4) is 0 Å². The highest BCUT2D eigenvalue weighted by Gasteiger charge is 2.15. The van der Waals surface area contributed by atoms with Crippen LogP contribution in [0.25, 0.3) is 0 Å². The fraction of sp³-hybridized carbons (Fsp3) is 0.385. The van der Waals surface area contributed by atoms with Crippen LogP contribution in [-0.2, 0) is 20.7 Å². The lowest BCUT2D eigenvalue weighted by molar-refractivity contribution is -0.143. The van der Waals surface area contributed by atoms with E-state index >= 15 is 0 Å². The van der Waals surface area contributed by atoms with E-state index in [-0.39, 0.29) is 41.3 Å². The number of rotatable bonds is 10. The largest absolute Gasteiger partial charge is 0.466 e. The molecule has 0 saturated carbocycles. The van der Waals surface area contributed by atoms with Crippen molar-refractivity contribution in [3.05, 3.63) is 65.7 Å². The first-order valence-corrected chi connectivity index (χ1v) is 11.8. The van der Waals surface area contributed by atoms with Crippen LogP contribution >= 0.6 is 12.2 Å². The number of carbonyl (C=O) groups excluding carboxylic acids is 3. The third-order valence-corrected chi connectivity index (χ3v) is 4.85. The smallest absolute Gasteiger partial charge is 0.305 e. The van der Waals surface area contributed by atoms with Crippen molar-refractivity contribution < 1.29 is 19.1 Å². The van der Waals surface area contributed by atoms with Crippen molar-refractivity contribution in [2.75, 3.05) is 11.9 Å². The molecule has 2 aromatic rings. The lowest BCUT2D eigenvalue weighted by atomic mass is 10.1. The molecule has 3 N–H and O–H groups in total. The minimum absolute atomic E-state index is 0.153. The van der Waals surface area contributed by atoms with E-state index < -0.39 is 0 Å². The van der Waals surface area contributed by atoms with Gasteiger partial charge in [-0.3, -0.25) is 14.4 Å². The van der Waals surface area contributed by atoms with Gasteiger partial charge in [0.15, 0.2) is 5.11 Å². The minimum Gasteiger partial charge on any atom is -0.466 e. The maximum Gasteiger partial charge on any atom is 0.305 e. The summed E-state index contributed by atoms with van der Waals surface area (Å²) in [5.41, 5.74) is 2.07. The van der Waals surface area contributed by atoms with Crippen LogP contribution < -0.4 is 16.0 Å². The van der Waals surface area contributed by atoms with Gasteiger partial charge in [0, 0.05) is 29.6 Å². The van der Waals surface area contributed by atoms with Crippen LogP contribution in [0.2, 0.25) is 0 Å². The Bertz CT molecular complexity index is 970. The molecule has 8 heteroatoms. The molecule has 0 bridgehead atoms. The zero-order chi connectivity index (χ0) is 25.0. The SMILES string of the molecule is CC(C)(C)NC(=O)c1ccc(NC(=S)NC(=O)CCCC(=O)OCCCc2ccccc2)cc1. The average Bonchev–Trinajstić information content (AvgIpc) is 2.76. The molecule has 0 aliphatic heterocycles. The molecule has 0 aromatic heterocycles. The van der Waals surface area contributed by atoms with Crippen molar-refractivity contribution in [2.24, 2.45) is 0 Å². The first kappa shape index (κ1) is 27.0. The predicted octanol–water partition coefficient (Wildman–Crippen LogP) is 4.37. The Morgan fingerprint density at radius 3 is 2.24 bits per heavy atom. The van der Waals surface area contributed by atoms with Gasteiger partial charge in [0.25, 0.3) is 5.91 Å². The molecular formula is C26H33N3O4S. The Labute approximate surface area is 206 Å². The van der Waals surface area contributed by atoms with E-state index in [1.165, 1.54) is 5.56 Å². The molecule has 0 aliphatic rings. The highest BCUT2D eigenvalue weighted by atomic mass is 32.1. The molecule has 34 heavy (non-hydrogen) atoms. The maximum absolute atomic E-state index is 12.2. The van der Waals surface area contributed by atoms with Gasteiger partial charge in [0.1, 0.15) is 0 Å². The summed E-state index contributed by atoms with van der Waals surface area (Å²) in [4.78, 5) is 36.1. The molecule has 0 heterocycles. The van der Waals surface area contributed by atoms with E-state index in [0.717, 1.165) is 12.8 Å². The van der Waals surface area contributed by atoms with Crippen LogP contribution in [0.5, 0.6) is 0 Å². The second-order valence-electron chi connectivity index (χ2n) is 8.95. The zero-order valence-corrected chi connectivity index (χ0v) is 20.8. The van der Waals surface area contributed by atoms with Gasteiger partial charge in [0.2, 0.25) is 5.91 Å². The van der Waals surface area contributed by atoms with E-state index in [9.17, 15) is 14.4 Å². The first-order chi connectivity index (χ1) is 16.1. The number of benzene rings is 2. The average molecular weight is 484 g/mol. The van der Waals surface area contributed by atoms with Crippen LogP contribution in [-0.4, -0.2) is 35.0 Å². The molecule has 0 fully saturated rings. The Balaban J connectivity index is 1.61. The molecule has 0 aliphatic carbocycles. The summed E-state index contributed by atoms with van der Waals surface area (Å²) < 4.78 is 5.22. The van der Waals surface area contributed by atoms with Gasteiger partial charge in [-0.15, -0.1) is 0 Å². The standard InChI is InChI=1S/C26H33N3O4S/c1-26(2,3)29-24(32)20-14-16-21(17-15-20)27-25(34)28-22(30)12-7-13-23(31)33-18-8-11-19-9-5-4-6-10-19/h4-6,9-10,14-17H,7-8,11-13,18H2,1-3H3,(H,29,32)(H2,27,28,30,34). The molecule has 2 aromatic carbocycles. The second kappa shape index (κ2) is 13.4. The number of aryl methyl sites for hydroxylation is 1. The molecule has 0 radical (unpaired) electrons. The minimum atomic E-state index is -0.320. The number of nitrogens with one attached hydrogen (secondary N) is 3. The highest BCUT2D eigenvalue weighted by Crippen LogP contribution is 2.11. The van der Waals surface area contributed by atoms with Crippen LogP contribution in [0.3, 0.4) is 0 Å². The van der Waals surface area contributed by atoms with Crippen LogP contribution in [0.1, 0.15) is 62.4 Å². The van der Waals surface area contributed by atoms with Crippen molar-refractivity contribution in [1.29, 1.82) is 0 Å². The van der Waals surface area contributed by atoms with Crippen molar-refractivity contribution in [1.82, 2.24) is 10.6 Å². The summed E-state index contributed by atoms with van der Waals surface area (Å²) in [5, 5.41) is 8.55. The van der Waals surface area contributed by atoms with Crippen LogP contribution in [0.4, 0.5) is 5.69 Å². The van der Waals surface area contributed by atoms with Crippen molar-refractivity contribution >= 4 is 40.8 Å². The third-order valence-electron chi connectivity index (χ3n) is 4.65. The Morgan fingerprint density at radius 1 is 0.912 bits per heavy atom. The summed E-state index contributed by atoms with van der Waals surface area (Å²) in [7, 11) is 0. The molecule has 2 amide bonds. The van der Waals surface area contributed by atoms with Crippen molar-refractivity contribution in [2.45, 2.75) is 58.4 Å². The quantitative estimate of drug-likeness (QED) is 0.264. The summed E-state index contributed by atoms with van der Waals surface area (Å²) in [6.07, 6.45) is 2.33. The molecule has 0 saturated heterocycles. The zero-order valence-electron chi connectivity index (χ0n) is 20.0. The number of carbonyl (C=O) groups is 3. The van der Waals surface area contributed by atoms with Gasteiger partial charge in [0.05, 0.1) is 6.61 Å². The van der Waals surface area contributed by atoms with Gasteiger partial charge in [-0.25, -0.2) is 0 Å². The maximum atomic E-state index is 12.2. The molecule has 0 atom stereocenters. The molecule has 0 spiro atoms. The van der Waals surface area contributed by atoms with Crippen LogP contribution in [0.15, 0.2) is 54.6 Å². The molecule has 182 valence electrons. The lowest BCUT2D eigenvalue weighted by Gasteiger charge is -2.20. The lowest BCUT2D eigenvalue weighted by Crippen LogP contribution is -2.40. The monoisotopic (exact) mass is 483 g/mol. The Hall–Kier alpha value is -3.26. The molecule has 7 nitrogen and oxygen atoms in total. The van der Waals surface area contributed by atoms with E-state index in [4.69, 9.17) is 17.0 Å². The normalized spacial score (nSPS) is 10.8. The summed E-state index contributed by atoms with van der Waals surface area (Å²) in [6, 6.07) is 16.8. The molecule has 2 rings (SSSR count). The molecular weight excluding hydrogens is 450 g/mol. The Kier molecular flexibility index (Phi) is 10.7. The van der Waals surface area contributed by atoms with Gasteiger partial charge < -0.3 is 20.7 Å². The first-order valence-electron chi connectivity index (χ1n) is 11.4. The van der Waals surface area contributed by atoms with E-state index in [0.29, 0.717) is 24.3 Å². The predicted molar refractivity (Wildman–Crippen MR) is 138 cm³/mol. The van der Waals surface area contributed by atoms with E-state index in [1.807, 2.05) is 51.1 Å². The Morgan fingerprint density at radius 2 is 1.59 bits per heavy atom. The van der Waals surface area contributed by atoms with Gasteiger partial charge >= 0.3 is 5.97 Å². The topological polar surface area (TPSA) is 96.5 Å². The van der Waals surface area contributed by atoms with Crippen molar-refractivity contribution in [3.63, 3.8) is 0 Å². The second-order valence-corrected chi connectivity index (χ2v) is 9.36. The number of hydrogen-bond donors (Lipinski definition) is 3. The molecule has 0 unspecified atom stereocenters. The van der Waals surface area contributed by atoms with Crippen LogP contribution in [0, 0.1) is 0 Å². The number of ether oxygens (including phenoxy) is 1. The number of thiocarbonyl (C=S) groups is 1. The number of hydrogen-bond acceptors (Lipinski definition) is 5. The van der Waals surface area contributed by atoms with Gasteiger partial charge in [-0.05, 0) is 82.1 Å². The van der Waals surface area contributed by atoms with E-state index in [2.05, 4.69) is 16.0 Å². The summed E-state index contributed by atoms with van der Waals surface area (Å²) in [6.45, 7) is 6.11. The summed E-state index contributed by atoms with van der Waals surface area (Å²) >= 11 is 5.17. The highest BCUT2D eigenvalue weighted by molar-refractivity contribution is 7.80. The number of amides is 2. The summed E-state index contributed by atoms with van der Waals surface area (Å²) in [5.74, 6) is -0.752. The third kappa shape index (κ3) is 11.0. The fourth-order valence-corrected chi connectivity index (χ4v) is 3.27. The van der Waals surface area contributed by atoms with E-state index in [1.54, 1.807) is 24.3 Å².